The molecule has 0 atom stereocenters. The molecular formula is C21H24N4O2S. The van der Waals surface area contributed by atoms with E-state index in [2.05, 4.69) is 27.5 Å². The Morgan fingerprint density at radius 3 is 2.57 bits per heavy atom. The van der Waals surface area contributed by atoms with E-state index in [1.54, 1.807) is 14.0 Å². The van der Waals surface area contributed by atoms with E-state index in [0.717, 1.165) is 24.1 Å². The number of carbonyl (C=O) groups excluding carboxylic acids is 1. The number of aromatic nitrogens is 3. The van der Waals surface area contributed by atoms with Crippen molar-refractivity contribution in [1.82, 2.24) is 20.1 Å². The number of nitrogens with zero attached hydrogens (tertiary/aromatic N) is 3. The van der Waals surface area contributed by atoms with Gasteiger partial charge in [0.1, 0.15) is 9.88 Å². The fourth-order valence-electron chi connectivity index (χ4n) is 3.03. The first kappa shape index (κ1) is 19.9. The molecule has 0 unspecified atom stereocenters. The van der Waals surface area contributed by atoms with Crippen LogP contribution in [0, 0.1) is 20.8 Å². The molecular weight excluding hydrogens is 372 g/mol. The largest absolute Gasteiger partial charge is 0.351 e. The van der Waals surface area contributed by atoms with Crippen LogP contribution in [0.1, 0.15) is 38.6 Å². The Bertz CT molecular complexity index is 1050. The average Bonchev–Trinajstić information content (AvgIpc) is 3.06. The molecule has 2 aromatic heterocycles. The maximum Gasteiger partial charge on any atom is 0.277 e. The van der Waals surface area contributed by atoms with E-state index in [9.17, 15) is 9.59 Å². The quantitative estimate of drug-likeness (QED) is 0.649. The zero-order chi connectivity index (χ0) is 20.3. The molecule has 6 nitrogen and oxygen atoms in total. The minimum Gasteiger partial charge on any atom is -0.351 e. The Balaban J connectivity index is 1.72. The molecule has 0 bridgehead atoms. The summed E-state index contributed by atoms with van der Waals surface area (Å²) in [6.07, 6.45) is 1.78. The zero-order valence-electron chi connectivity index (χ0n) is 16.6. The van der Waals surface area contributed by atoms with Crippen LogP contribution in [0.3, 0.4) is 0 Å². The Morgan fingerprint density at radius 2 is 1.86 bits per heavy atom. The molecule has 1 aromatic carbocycles. The minimum atomic E-state index is -0.202. The van der Waals surface area contributed by atoms with Crippen LogP contribution in [0.5, 0.6) is 0 Å². The van der Waals surface area contributed by atoms with Crippen LogP contribution < -0.4 is 10.9 Å². The highest BCUT2D eigenvalue weighted by atomic mass is 32.1. The van der Waals surface area contributed by atoms with Gasteiger partial charge in [-0.15, -0.1) is 11.3 Å². The van der Waals surface area contributed by atoms with Gasteiger partial charge in [-0.25, -0.2) is 9.67 Å². The molecule has 0 saturated heterocycles. The van der Waals surface area contributed by atoms with Crippen LogP contribution in [-0.2, 0) is 13.5 Å². The van der Waals surface area contributed by atoms with Gasteiger partial charge in [-0.05, 0) is 44.7 Å². The van der Waals surface area contributed by atoms with Gasteiger partial charge in [0.15, 0.2) is 0 Å². The van der Waals surface area contributed by atoms with Gasteiger partial charge < -0.3 is 5.32 Å². The van der Waals surface area contributed by atoms with E-state index >= 15 is 0 Å². The summed E-state index contributed by atoms with van der Waals surface area (Å²) in [5, 5.41) is 7.73. The van der Waals surface area contributed by atoms with Gasteiger partial charge in [-0.2, -0.15) is 5.10 Å². The Kier molecular flexibility index (Phi) is 6.04. The smallest absolute Gasteiger partial charge is 0.277 e. The molecule has 3 aromatic rings. The number of amides is 1. The summed E-state index contributed by atoms with van der Waals surface area (Å²) in [7, 11) is 1.62. The lowest BCUT2D eigenvalue weighted by molar-refractivity contribution is 0.0956. The summed E-state index contributed by atoms with van der Waals surface area (Å²) in [6, 6.07) is 10.2. The number of hydrogen-bond acceptors (Lipinski definition) is 5. The molecule has 7 heteroatoms. The molecule has 28 heavy (non-hydrogen) atoms. The topological polar surface area (TPSA) is 76.9 Å². The highest BCUT2D eigenvalue weighted by molar-refractivity contribution is 7.17. The molecule has 0 fully saturated rings. The van der Waals surface area contributed by atoms with E-state index in [1.165, 1.54) is 21.6 Å². The second-order valence-electron chi connectivity index (χ2n) is 6.79. The van der Waals surface area contributed by atoms with E-state index in [1.807, 2.05) is 32.0 Å². The van der Waals surface area contributed by atoms with Crippen LogP contribution in [0.25, 0.3) is 10.6 Å². The molecule has 0 radical (unpaired) electrons. The molecule has 1 amide bonds. The summed E-state index contributed by atoms with van der Waals surface area (Å²) in [6.45, 7) is 6.11. The Morgan fingerprint density at radius 1 is 1.14 bits per heavy atom. The van der Waals surface area contributed by atoms with Crippen LogP contribution in [0.4, 0.5) is 0 Å². The molecule has 0 saturated carbocycles. The lowest BCUT2D eigenvalue weighted by Gasteiger charge is -2.07. The SMILES string of the molecule is Cc1nc(-c2c(C)c(C)nn(C)c2=O)sc1C(=O)NCCCc1ccccc1. The van der Waals surface area contributed by atoms with Crippen molar-refractivity contribution in [3.63, 3.8) is 0 Å². The molecule has 0 aliphatic heterocycles. The van der Waals surface area contributed by atoms with Crippen LogP contribution >= 0.6 is 11.3 Å². The molecule has 1 N–H and O–H groups in total. The molecule has 146 valence electrons. The van der Waals surface area contributed by atoms with Crippen LogP contribution in [-0.4, -0.2) is 27.2 Å². The van der Waals surface area contributed by atoms with Gasteiger partial charge in [0.05, 0.1) is 17.0 Å². The summed E-state index contributed by atoms with van der Waals surface area (Å²) in [5.74, 6) is -0.144. The average molecular weight is 397 g/mol. The third-order valence-corrected chi connectivity index (χ3v) is 5.89. The van der Waals surface area contributed by atoms with Crippen molar-refractivity contribution >= 4 is 17.2 Å². The first-order chi connectivity index (χ1) is 13.4. The van der Waals surface area contributed by atoms with Crippen molar-refractivity contribution in [3.8, 4) is 10.6 Å². The second kappa shape index (κ2) is 8.48. The summed E-state index contributed by atoms with van der Waals surface area (Å²) < 4.78 is 1.32. The zero-order valence-corrected chi connectivity index (χ0v) is 17.4. The van der Waals surface area contributed by atoms with Gasteiger partial charge in [0.2, 0.25) is 0 Å². The normalized spacial score (nSPS) is 10.9. The molecule has 0 aliphatic rings. The van der Waals surface area contributed by atoms with Crippen LogP contribution in [0.15, 0.2) is 35.1 Å². The number of nitrogens with one attached hydrogen (secondary N) is 1. The predicted molar refractivity (Wildman–Crippen MR) is 112 cm³/mol. The number of benzene rings is 1. The molecule has 0 spiro atoms. The molecule has 2 heterocycles. The molecule has 0 aliphatic carbocycles. The highest BCUT2D eigenvalue weighted by Gasteiger charge is 2.20. The van der Waals surface area contributed by atoms with Gasteiger partial charge >= 0.3 is 0 Å². The second-order valence-corrected chi connectivity index (χ2v) is 7.79. The summed E-state index contributed by atoms with van der Waals surface area (Å²) in [4.78, 5) is 30.2. The lowest BCUT2D eigenvalue weighted by Crippen LogP contribution is -2.24. The van der Waals surface area contributed by atoms with E-state index < -0.39 is 0 Å². The lowest BCUT2D eigenvalue weighted by atomic mass is 10.1. The third kappa shape index (κ3) is 4.20. The summed E-state index contributed by atoms with van der Waals surface area (Å²) >= 11 is 1.26. The van der Waals surface area contributed by atoms with Crippen molar-refractivity contribution in [2.45, 2.75) is 33.6 Å². The van der Waals surface area contributed by atoms with Gasteiger partial charge in [-0.3, -0.25) is 9.59 Å². The third-order valence-electron chi connectivity index (χ3n) is 4.71. The predicted octanol–water partition coefficient (Wildman–Crippen LogP) is 3.19. The fourth-order valence-corrected chi connectivity index (χ4v) is 4.11. The highest BCUT2D eigenvalue weighted by Crippen LogP contribution is 2.28. The number of rotatable bonds is 6. The summed E-state index contributed by atoms with van der Waals surface area (Å²) in [5.41, 5.74) is 3.78. The first-order valence-electron chi connectivity index (χ1n) is 9.23. The van der Waals surface area contributed by atoms with E-state index in [4.69, 9.17) is 0 Å². The number of hydrogen-bond donors (Lipinski definition) is 1. The van der Waals surface area contributed by atoms with Crippen molar-refractivity contribution in [3.05, 3.63) is 68.1 Å². The van der Waals surface area contributed by atoms with Gasteiger partial charge in [0.25, 0.3) is 11.5 Å². The maximum absolute atomic E-state index is 12.6. The Labute approximate surface area is 168 Å². The van der Waals surface area contributed by atoms with Crippen molar-refractivity contribution < 1.29 is 4.79 Å². The number of carbonyl (C=O) groups is 1. The standard InChI is InChI=1S/C21H24N4O2S/c1-13-14(2)24-25(4)21(27)17(13)20-23-15(3)18(28-20)19(26)22-12-8-11-16-9-6-5-7-10-16/h5-7,9-10H,8,11-12H2,1-4H3,(H,22,26). The van der Waals surface area contributed by atoms with Crippen molar-refractivity contribution in [2.24, 2.45) is 7.05 Å². The van der Waals surface area contributed by atoms with E-state index in [-0.39, 0.29) is 11.5 Å². The van der Waals surface area contributed by atoms with Gasteiger partial charge in [0, 0.05) is 13.6 Å². The van der Waals surface area contributed by atoms with E-state index in [0.29, 0.717) is 27.7 Å². The first-order valence-corrected chi connectivity index (χ1v) is 10.0. The monoisotopic (exact) mass is 396 g/mol. The fraction of sp³-hybridized carbons (Fsp3) is 0.333. The number of thiazole rings is 1. The number of aryl methyl sites for hydroxylation is 4. The van der Waals surface area contributed by atoms with Crippen molar-refractivity contribution in [2.75, 3.05) is 6.54 Å². The maximum atomic E-state index is 12.6. The van der Waals surface area contributed by atoms with Gasteiger partial charge in [-0.1, -0.05) is 30.3 Å². The van der Waals surface area contributed by atoms with Crippen LogP contribution in [0.2, 0.25) is 0 Å². The minimum absolute atomic E-state index is 0.144. The van der Waals surface area contributed by atoms with Crippen molar-refractivity contribution in [1.29, 1.82) is 0 Å². The Hall–Kier alpha value is -2.80. The molecule has 3 rings (SSSR count).